The minimum absolute atomic E-state index is 4.52. The minimum Gasteiger partial charge on any atom is -0.335 e. The Morgan fingerprint density at radius 3 is 1.38 bits per heavy atom. The van der Waals surface area contributed by atoms with Crippen molar-refractivity contribution in [3.8, 4) is 0 Å². The van der Waals surface area contributed by atoms with Crippen LogP contribution >= 0.6 is 0 Å². The monoisotopic (exact) mass is 230 g/mol. The predicted molar refractivity (Wildman–Crippen MR) is 28.6 cm³/mol. The zero-order valence-electron chi connectivity index (χ0n) is 5.59. The molecule has 10 heteroatoms. The van der Waals surface area contributed by atoms with E-state index < -0.39 is 27.7 Å². The standard InChI is InChI=1S/C3H3F5O4S/c4-2(5,6)1(3(7,8)9)13(10,11)12/h1,9H,(H,10,11,12). The number of alkyl halides is 5. The molecule has 0 saturated carbocycles. The lowest BCUT2D eigenvalue weighted by molar-refractivity contribution is -0.264. The van der Waals surface area contributed by atoms with Gasteiger partial charge in [0.1, 0.15) is 0 Å². The number of rotatable bonds is 2. The van der Waals surface area contributed by atoms with E-state index in [0.29, 0.717) is 0 Å². The summed E-state index contributed by atoms with van der Waals surface area (Å²) in [7, 11) is -6.11. The summed E-state index contributed by atoms with van der Waals surface area (Å²) < 4.78 is 85.4. The summed E-state index contributed by atoms with van der Waals surface area (Å²) in [5.74, 6) is 0. The smallest absolute Gasteiger partial charge is 0.335 e. The lowest BCUT2D eigenvalue weighted by atomic mass is 10.4. The third-order valence-corrected chi connectivity index (χ3v) is 2.06. The largest absolute Gasteiger partial charge is 0.416 e. The molecule has 0 fully saturated rings. The molecule has 0 aromatic carbocycles. The minimum atomic E-state index is -6.11. The van der Waals surface area contributed by atoms with Gasteiger partial charge in [-0.3, -0.25) is 4.55 Å². The van der Waals surface area contributed by atoms with Gasteiger partial charge in [-0.05, 0) is 0 Å². The maximum Gasteiger partial charge on any atom is 0.416 e. The Kier molecular flexibility index (Phi) is 2.92. The molecule has 13 heavy (non-hydrogen) atoms. The average molecular weight is 230 g/mol. The molecule has 0 aliphatic heterocycles. The van der Waals surface area contributed by atoms with E-state index >= 15 is 0 Å². The van der Waals surface area contributed by atoms with Crippen molar-refractivity contribution in [3.05, 3.63) is 0 Å². The lowest BCUT2D eigenvalue weighted by Crippen LogP contribution is -2.50. The Bertz CT molecular complexity index is 259. The van der Waals surface area contributed by atoms with Gasteiger partial charge in [0, 0.05) is 0 Å². The van der Waals surface area contributed by atoms with Crippen LogP contribution in [0.5, 0.6) is 0 Å². The molecule has 1 atom stereocenters. The van der Waals surface area contributed by atoms with Gasteiger partial charge in [-0.15, -0.1) is 0 Å². The van der Waals surface area contributed by atoms with Gasteiger partial charge >= 0.3 is 12.3 Å². The topological polar surface area (TPSA) is 74.6 Å². The fourth-order valence-electron chi connectivity index (χ4n) is 0.545. The SMILES string of the molecule is O=S(=O)(O)C(C(O)(F)F)C(F)(F)F. The molecule has 0 aromatic heterocycles. The van der Waals surface area contributed by atoms with Gasteiger partial charge in [-0.1, -0.05) is 0 Å². The average Bonchev–Trinajstić information content (AvgIpc) is 1.44. The number of hydrogen-bond donors (Lipinski definition) is 2. The number of hydrogen-bond acceptors (Lipinski definition) is 3. The molecule has 0 aliphatic carbocycles. The lowest BCUT2D eigenvalue weighted by Gasteiger charge is -2.21. The van der Waals surface area contributed by atoms with E-state index in [0.717, 1.165) is 0 Å². The first-order chi connectivity index (χ1) is 5.37. The van der Waals surface area contributed by atoms with Crippen molar-refractivity contribution in [3.63, 3.8) is 0 Å². The number of halogens is 5. The van der Waals surface area contributed by atoms with Crippen molar-refractivity contribution in [2.24, 2.45) is 0 Å². The summed E-state index contributed by atoms with van der Waals surface area (Å²) in [6.45, 7) is 0. The summed E-state index contributed by atoms with van der Waals surface area (Å²) in [5, 5.41) is 3.04. The zero-order chi connectivity index (χ0) is 11.1. The van der Waals surface area contributed by atoms with Crippen LogP contribution in [0, 0.1) is 0 Å². The Balaban J connectivity index is 5.28. The van der Waals surface area contributed by atoms with Gasteiger partial charge in [0.25, 0.3) is 15.4 Å². The van der Waals surface area contributed by atoms with Crippen molar-refractivity contribution in [1.29, 1.82) is 0 Å². The highest BCUT2D eigenvalue weighted by molar-refractivity contribution is 7.86. The first-order valence-electron chi connectivity index (χ1n) is 2.50. The van der Waals surface area contributed by atoms with Crippen LogP contribution in [-0.4, -0.2) is 35.6 Å². The van der Waals surface area contributed by atoms with Crippen molar-refractivity contribution < 1.29 is 40.0 Å². The predicted octanol–water partition coefficient (Wildman–Crippen LogP) is 0.390. The summed E-state index contributed by atoms with van der Waals surface area (Å²) in [6.07, 6.45) is -11.5. The first kappa shape index (κ1) is 12.5. The Morgan fingerprint density at radius 1 is 1.08 bits per heavy atom. The molecule has 2 N–H and O–H groups in total. The second kappa shape index (κ2) is 3.03. The Hall–Kier alpha value is -0.480. The van der Waals surface area contributed by atoms with Crippen molar-refractivity contribution in [1.82, 2.24) is 0 Å². The molecule has 1 unspecified atom stereocenters. The molecular weight excluding hydrogens is 227 g/mol. The van der Waals surface area contributed by atoms with E-state index in [1.54, 1.807) is 0 Å². The second-order valence-electron chi connectivity index (χ2n) is 2.02. The summed E-state index contributed by atoms with van der Waals surface area (Å²) in [5.41, 5.74) is 0. The quantitative estimate of drug-likeness (QED) is 0.531. The van der Waals surface area contributed by atoms with E-state index in [2.05, 4.69) is 0 Å². The molecule has 0 amide bonds. The van der Waals surface area contributed by atoms with E-state index in [1.807, 2.05) is 0 Å². The third-order valence-electron chi connectivity index (χ3n) is 0.911. The highest BCUT2D eigenvalue weighted by Crippen LogP contribution is 2.35. The molecule has 80 valence electrons. The Labute approximate surface area is 68.7 Å². The van der Waals surface area contributed by atoms with E-state index in [9.17, 15) is 30.4 Å². The summed E-state index contributed by atoms with van der Waals surface area (Å²) in [6, 6.07) is 0. The third kappa shape index (κ3) is 3.40. The second-order valence-corrected chi connectivity index (χ2v) is 3.53. The van der Waals surface area contributed by atoms with Gasteiger partial charge in [0.05, 0.1) is 0 Å². The maximum atomic E-state index is 11.7. The van der Waals surface area contributed by atoms with Crippen LogP contribution in [0.25, 0.3) is 0 Å². The fraction of sp³-hybridized carbons (Fsp3) is 1.00. The van der Waals surface area contributed by atoms with E-state index in [-0.39, 0.29) is 0 Å². The number of aliphatic hydroxyl groups is 1. The molecule has 0 heterocycles. The molecule has 0 bridgehead atoms. The molecule has 0 rings (SSSR count). The van der Waals surface area contributed by atoms with Gasteiger partial charge in [0.15, 0.2) is 0 Å². The molecule has 4 nitrogen and oxygen atoms in total. The normalized spacial score (nSPS) is 17.2. The van der Waals surface area contributed by atoms with Crippen molar-refractivity contribution in [2.45, 2.75) is 17.5 Å². The Morgan fingerprint density at radius 2 is 1.38 bits per heavy atom. The van der Waals surface area contributed by atoms with Gasteiger partial charge < -0.3 is 5.11 Å². The van der Waals surface area contributed by atoms with Crippen LogP contribution in [0.15, 0.2) is 0 Å². The van der Waals surface area contributed by atoms with Crippen LogP contribution < -0.4 is 0 Å². The van der Waals surface area contributed by atoms with Crippen molar-refractivity contribution in [2.75, 3.05) is 0 Å². The van der Waals surface area contributed by atoms with Gasteiger partial charge in [-0.2, -0.15) is 30.4 Å². The molecule has 0 aliphatic rings. The zero-order valence-corrected chi connectivity index (χ0v) is 6.40. The van der Waals surface area contributed by atoms with Crippen LogP contribution in [0.2, 0.25) is 0 Å². The van der Waals surface area contributed by atoms with E-state index in [4.69, 9.17) is 9.66 Å². The molecule has 0 spiro atoms. The highest BCUT2D eigenvalue weighted by atomic mass is 32.2. The van der Waals surface area contributed by atoms with Crippen LogP contribution in [0.3, 0.4) is 0 Å². The first-order valence-corrected chi connectivity index (χ1v) is 4.00. The van der Waals surface area contributed by atoms with Crippen molar-refractivity contribution >= 4 is 10.1 Å². The summed E-state index contributed by atoms with van der Waals surface area (Å²) >= 11 is 0. The van der Waals surface area contributed by atoms with Crippen LogP contribution in [-0.2, 0) is 10.1 Å². The highest BCUT2D eigenvalue weighted by Gasteiger charge is 2.62. The molecule has 0 saturated heterocycles. The molecule has 0 radical (unpaired) electrons. The molecular formula is C3H3F5O4S. The van der Waals surface area contributed by atoms with Gasteiger partial charge in [-0.25, -0.2) is 0 Å². The van der Waals surface area contributed by atoms with Crippen LogP contribution in [0.1, 0.15) is 0 Å². The maximum absolute atomic E-state index is 11.7. The molecule has 0 aromatic rings. The van der Waals surface area contributed by atoms with Crippen LogP contribution in [0.4, 0.5) is 22.0 Å². The van der Waals surface area contributed by atoms with E-state index in [1.165, 1.54) is 0 Å². The van der Waals surface area contributed by atoms with Gasteiger partial charge in [0.2, 0.25) is 0 Å². The summed E-state index contributed by atoms with van der Waals surface area (Å²) in [4.78, 5) is 0. The fourth-order valence-corrected chi connectivity index (χ4v) is 1.24.